The summed E-state index contributed by atoms with van der Waals surface area (Å²) < 4.78 is 11.1. The fourth-order valence-electron chi connectivity index (χ4n) is 2.99. The number of aliphatic hydroxyl groups is 1. The number of hydrogen-bond acceptors (Lipinski definition) is 4. The highest BCUT2D eigenvalue weighted by Crippen LogP contribution is 2.32. The number of esters is 1. The van der Waals surface area contributed by atoms with Gasteiger partial charge in [-0.1, -0.05) is 90.7 Å². The molecule has 146 valence electrons. The molecule has 2 atom stereocenters. The number of rotatable bonds is 6. The van der Waals surface area contributed by atoms with Crippen LogP contribution < -0.4 is 0 Å². The lowest BCUT2D eigenvalue weighted by molar-refractivity contribution is -0.187. The summed E-state index contributed by atoms with van der Waals surface area (Å²) in [7, 11) is 1.27. The Labute approximate surface area is 170 Å². The van der Waals surface area contributed by atoms with Gasteiger partial charge in [0.2, 0.25) is 5.60 Å². The van der Waals surface area contributed by atoms with Crippen LogP contribution in [-0.2, 0) is 26.5 Å². The van der Waals surface area contributed by atoms with Crippen LogP contribution in [0.15, 0.2) is 91.0 Å². The lowest BCUT2D eigenvalue weighted by Crippen LogP contribution is -2.49. The van der Waals surface area contributed by atoms with Gasteiger partial charge in [-0.2, -0.15) is 0 Å². The summed E-state index contributed by atoms with van der Waals surface area (Å²) in [6, 6.07) is 27.5. The van der Waals surface area contributed by atoms with Crippen molar-refractivity contribution >= 4 is 5.97 Å². The molecule has 0 amide bonds. The molecule has 4 nitrogen and oxygen atoms in total. The third-order valence-corrected chi connectivity index (χ3v) is 4.51. The summed E-state index contributed by atoms with van der Waals surface area (Å²) in [5.41, 5.74) is 0.271. The van der Waals surface area contributed by atoms with Crippen LogP contribution in [0.5, 0.6) is 0 Å². The van der Waals surface area contributed by atoms with E-state index in [1.165, 1.54) is 7.11 Å². The Bertz CT molecular complexity index is 975. The molecule has 0 radical (unpaired) electrons. The van der Waals surface area contributed by atoms with Crippen LogP contribution >= 0.6 is 0 Å². The van der Waals surface area contributed by atoms with Crippen LogP contribution in [0.25, 0.3) is 0 Å². The van der Waals surface area contributed by atoms with Crippen molar-refractivity contribution in [3.05, 3.63) is 108 Å². The first-order chi connectivity index (χ1) is 14.2. The molecule has 0 spiro atoms. The van der Waals surface area contributed by atoms with Crippen molar-refractivity contribution in [1.29, 1.82) is 0 Å². The zero-order valence-electron chi connectivity index (χ0n) is 16.1. The maximum absolute atomic E-state index is 12.9. The topological polar surface area (TPSA) is 55.8 Å². The van der Waals surface area contributed by atoms with Gasteiger partial charge in [-0.3, -0.25) is 0 Å². The maximum atomic E-state index is 12.9. The zero-order chi connectivity index (χ0) is 20.5. The second-order valence-corrected chi connectivity index (χ2v) is 6.41. The Morgan fingerprint density at radius 1 is 0.931 bits per heavy atom. The van der Waals surface area contributed by atoms with Crippen LogP contribution in [-0.4, -0.2) is 24.3 Å². The lowest BCUT2D eigenvalue weighted by Gasteiger charge is -2.33. The van der Waals surface area contributed by atoms with Crippen LogP contribution in [0.3, 0.4) is 0 Å². The van der Waals surface area contributed by atoms with E-state index in [1.807, 2.05) is 66.7 Å². The number of carbonyl (C=O) groups is 1. The molecular weight excluding hydrogens is 364 g/mol. The van der Waals surface area contributed by atoms with Crippen molar-refractivity contribution in [2.75, 3.05) is 7.11 Å². The van der Waals surface area contributed by atoms with Crippen molar-refractivity contribution in [2.45, 2.75) is 18.3 Å². The van der Waals surface area contributed by atoms with Gasteiger partial charge in [-0.05, 0) is 23.3 Å². The molecule has 0 saturated carbocycles. The minimum absolute atomic E-state index is 0.106. The Hall–Kier alpha value is -3.39. The number of benzene rings is 3. The molecule has 0 aliphatic carbocycles. The molecule has 3 aromatic carbocycles. The van der Waals surface area contributed by atoms with E-state index < -0.39 is 17.7 Å². The molecule has 3 rings (SSSR count). The molecule has 0 heterocycles. The van der Waals surface area contributed by atoms with E-state index >= 15 is 0 Å². The molecule has 0 aliphatic heterocycles. The Balaban J connectivity index is 2.03. The molecule has 0 fully saturated rings. The third-order valence-electron chi connectivity index (χ3n) is 4.51. The van der Waals surface area contributed by atoms with E-state index in [2.05, 4.69) is 11.8 Å². The van der Waals surface area contributed by atoms with Crippen molar-refractivity contribution < 1.29 is 19.4 Å². The van der Waals surface area contributed by atoms with Crippen LogP contribution in [0.2, 0.25) is 0 Å². The summed E-state index contributed by atoms with van der Waals surface area (Å²) in [6.07, 6.45) is -1.44. The van der Waals surface area contributed by atoms with Gasteiger partial charge in [0.15, 0.2) is 6.10 Å². The quantitative estimate of drug-likeness (QED) is 0.519. The summed E-state index contributed by atoms with van der Waals surface area (Å²) in [6.45, 7) is 0.106. The minimum Gasteiger partial charge on any atom is -0.467 e. The standard InChI is InChI=1S/C25H22O4/c1-28-24(27)25(22-15-9-4-10-16-22,29-19-21-13-7-3-8-14-21)23(26)18-17-20-11-5-2-6-12-20/h2-16,23,26H,19H2,1H3/t23-,25-/m1/s1. The SMILES string of the molecule is COC(=O)[C@@](OCc1ccccc1)(c1ccccc1)[C@H](O)C#Cc1ccccc1. The van der Waals surface area contributed by atoms with E-state index in [9.17, 15) is 9.90 Å². The summed E-state index contributed by atoms with van der Waals surface area (Å²) in [4.78, 5) is 12.9. The van der Waals surface area contributed by atoms with E-state index in [0.717, 1.165) is 11.1 Å². The highest BCUT2D eigenvalue weighted by molar-refractivity contribution is 5.83. The third kappa shape index (κ3) is 4.72. The van der Waals surface area contributed by atoms with Crippen molar-refractivity contribution in [3.63, 3.8) is 0 Å². The van der Waals surface area contributed by atoms with Gasteiger partial charge in [-0.15, -0.1) is 0 Å². The summed E-state index contributed by atoms with van der Waals surface area (Å²) >= 11 is 0. The number of ether oxygens (including phenoxy) is 2. The Morgan fingerprint density at radius 3 is 2.07 bits per heavy atom. The Morgan fingerprint density at radius 2 is 1.48 bits per heavy atom. The molecule has 0 bridgehead atoms. The molecule has 3 aromatic rings. The maximum Gasteiger partial charge on any atom is 0.346 e. The van der Waals surface area contributed by atoms with Gasteiger partial charge >= 0.3 is 5.97 Å². The van der Waals surface area contributed by atoms with Gasteiger partial charge in [0, 0.05) is 5.56 Å². The first-order valence-corrected chi connectivity index (χ1v) is 9.23. The molecule has 0 aliphatic rings. The fraction of sp³-hybridized carbons (Fsp3) is 0.160. The largest absolute Gasteiger partial charge is 0.467 e. The Kier molecular flexibility index (Phi) is 6.80. The first-order valence-electron chi connectivity index (χ1n) is 9.23. The van der Waals surface area contributed by atoms with Crippen LogP contribution in [0.1, 0.15) is 16.7 Å². The average molecular weight is 386 g/mol. The average Bonchev–Trinajstić information content (AvgIpc) is 2.80. The summed E-state index contributed by atoms with van der Waals surface area (Å²) in [5, 5.41) is 11.1. The second kappa shape index (κ2) is 9.70. The van der Waals surface area contributed by atoms with E-state index in [-0.39, 0.29) is 6.61 Å². The highest BCUT2D eigenvalue weighted by atomic mass is 16.6. The van der Waals surface area contributed by atoms with E-state index in [4.69, 9.17) is 9.47 Å². The van der Waals surface area contributed by atoms with Crippen molar-refractivity contribution in [1.82, 2.24) is 0 Å². The molecule has 0 aromatic heterocycles. The number of methoxy groups -OCH3 is 1. The predicted molar refractivity (Wildman–Crippen MR) is 111 cm³/mol. The van der Waals surface area contributed by atoms with Gasteiger partial charge in [0.25, 0.3) is 0 Å². The lowest BCUT2D eigenvalue weighted by atomic mass is 9.87. The molecule has 29 heavy (non-hydrogen) atoms. The molecule has 0 unspecified atom stereocenters. The molecule has 0 saturated heterocycles. The van der Waals surface area contributed by atoms with Crippen LogP contribution in [0, 0.1) is 11.8 Å². The molecular formula is C25H22O4. The number of aliphatic hydroxyl groups excluding tert-OH is 1. The van der Waals surface area contributed by atoms with Crippen molar-refractivity contribution in [3.8, 4) is 11.8 Å². The first kappa shape index (κ1) is 20.3. The van der Waals surface area contributed by atoms with Gasteiger partial charge in [-0.25, -0.2) is 4.79 Å². The van der Waals surface area contributed by atoms with Crippen molar-refractivity contribution in [2.24, 2.45) is 0 Å². The van der Waals surface area contributed by atoms with Gasteiger partial charge in [0.1, 0.15) is 0 Å². The van der Waals surface area contributed by atoms with Gasteiger partial charge in [0.05, 0.1) is 13.7 Å². The molecule has 1 N–H and O–H groups in total. The second-order valence-electron chi connectivity index (χ2n) is 6.41. The predicted octanol–water partition coefficient (Wildman–Crippen LogP) is 3.68. The molecule has 4 heteroatoms. The van der Waals surface area contributed by atoms with Crippen LogP contribution in [0.4, 0.5) is 0 Å². The van der Waals surface area contributed by atoms with E-state index in [0.29, 0.717) is 5.56 Å². The van der Waals surface area contributed by atoms with Gasteiger partial charge < -0.3 is 14.6 Å². The monoisotopic (exact) mass is 386 g/mol. The zero-order valence-corrected chi connectivity index (χ0v) is 16.1. The number of carbonyl (C=O) groups excluding carboxylic acids is 1. The van der Waals surface area contributed by atoms with E-state index in [1.54, 1.807) is 24.3 Å². The fourth-order valence-corrected chi connectivity index (χ4v) is 2.99. The normalized spacial score (nSPS) is 13.4. The smallest absolute Gasteiger partial charge is 0.346 e. The number of hydrogen-bond donors (Lipinski definition) is 1. The highest BCUT2D eigenvalue weighted by Gasteiger charge is 2.49. The summed E-state index contributed by atoms with van der Waals surface area (Å²) in [5.74, 6) is 4.96. The minimum atomic E-state index is -1.78.